The molecule has 1 rings (SSSR count). The molecule has 1 heterocycles. The third-order valence-electron chi connectivity index (χ3n) is 1.31. The standard InChI is InChI=1S/C7H10N2O/c1-6-7(4-10-2)3-8-5-9-6/h3,5H,4H2,1-2H3. The van der Waals surface area contributed by atoms with Gasteiger partial charge < -0.3 is 4.74 Å². The van der Waals surface area contributed by atoms with Gasteiger partial charge in [-0.3, -0.25) is 0 Å². The van der Waals surface area contributed by atoms with Crippen molar-refractivity contribution in [3.05, 3.63) is 23.8 Å². The van der Waals surface area contributed by atoms with Gasteiger partial charge in [-0.25, -0.2) is 9.97 Å². The molecule has 0 aliphatic heterocycles. The van der Waals surface area contributed by atoms with Crippen LogP contribution in [0.2, 0.25) is 0 Å². The zero-order valence-electron chi connectivity index (χ0n) is 6.16. The van der Waals surface area contributed by atoms with E-state index < -0.39 is 0 Å². The first kappa shape index (κ1) is 7.15. The molecule has 0 radical (unpaired) electrons. The lowest BCUT2D eigenvalue weighted by molar-refractivity contribution is 0.183. The Morgan fingerprint density at radius 3 is 3.00 bits per heavy atom. The minimum absolute atomic E-state index is 0.590. The average Bonchev–Trinajstić information content (AvgIpc) is 1.94. The molecular weight excluding hydrogens is 128 g/mol. The summed E-state index contributed by atoms with van der Waals surface area (Å²) in [7, 11) is 1.66. The molecule has 3 heteroatoms. The Bertz CT molecular complexity index is 213. The number of rotatable bonds is 2. The lowest BCUT2D eigenvalue weighted by atomic mass is 10.3. The predicted molar refractivity (Wildman–Crippen MR) is 37.5 cm³/mol. The molecule has 1 aromatic rings. The van der Waals surface area contributed by atoms with Crippen molar-refractivity contribution in [3.8, 4) is 0 Å². The van der Waals surface area contributed by atoms with Gasteiger partial charge >= 0.3 is 0 Å². The van der Waals surface area contributed by atoms with Crippen LogP contribution in [0.15, 0.2) is 12.5 Å². The van der Waals surface area contributed by atoms with Crippen LogP contribution in [0.1, 0.15) is 11.3 Å². The van der Waals surface area contributed by atoms with Gasteiger partial charge in [0.15, 0.2) is 0 Å². The minimum atomic E-state index is 0.590. The van der Waals surface area contributed by atoms with Crippen molar-refractivity contribution in [2.24, 2.45) is 0 Å². The molecule has 3 nitrogen and oxygen atoms in total. The van der Waals surface area contributed by atoms with E-state index in [2.05, 4.69) is 9.97 Å². The minimum Gasteiger partial charge on any atom is -0.380 e. The van der Waals surface area contributed by atoms with Crippen molar-refractivity contribution in [3.63, 3.8) is 0 Å². The Labute approximate surface area is 60.1 Å². The fourth-order valence-electron chi connectivity index (χ4n) is 0.717. The second-order valence-electron chi connectivity index (χ2n) is 2.07. The lowest BCUT2D eigenvalue weighted by Crippen LogP contribution is -1.94. The summed E-state index contributed by atoms with van der Waals surface area (Å²) in [5.41, 5.74) is 2.03. The molecule has 0 saturated heterocycles. The van der Waals surface area contributed by atoms with E-state index >= 15 is 0 Å². The Morgan fingerprint density at radius 1 is 1.60 bits per heavy atom. The molecular formula is C7H10N2O. The Balaban J connectivity index is 2.81. The highest BCUT2D eigenvalue weighted by molar-refractivity contribution is 5.12. The van der Waals surface area contributed by atoms with Gasteiger partial charge in [0.2, 0.25) is 0 Å². The molecule has 0 unspecified atom stereocenters. The maximum Gasteiger partial charge on any atom is 0.115 e. The normalized spacial score (nSPS) is 9.80. The summed E-state index contributed by atoms with van der Waals surface area (Å²) in [6.45, 7) is 2.53. The highest BCUT2D eigenvalue weighted by atomic mass is 16.5. The number of hydrogen-bond acceptors (Lipinski definition) is 3. The third kappa shape index (κ3) is 1.51. The Kier molecular flexibility index (Phi) is 2.34. The summed E-state index contributed by atoms with van der Waals surface area (Å²) in [6, 6.07) is 0. The molecule has 0 bridgehead atoms. The van der Waals surface area contributed by atoms with Crippen LogP contribution >= 0.6 is 0 Å². The summed E-state index contributed by atoms with van der Waals surface area (Å²) in [6.07, 6.45) is 3.31. The van der Waals surface area contributed by atoms with Crippen molar-refractivity contribution < 1.29 is 4.74 Å². The van der Waals surface area contributed by atoms with E-state index in [0.29, 0.717) is 6.61 Å². The van der Waals surface area contributed by atoms with Crippen LogP contribution in [-0.2, 0) is 11.3 Å². The van der Waals surface area contributed by atoms with E-state index in [1.807, 2.05) is 6.92 Å². The van der Waals surface area contributed by atoms with Crippen LogP contribution < -0.4 is 0 Å². The highest BCUT2D eigenvalue weighted by Gasteiger charge is 1.95. The fourth-order valence-corrected chi connectivity index (χ4v) is 0.717. The number of aromatic nitrogens is 2. The predicted octanol–water partition coefficient (Wildman–Crippen LogP) is 0.931. The smallest absolute Gasteiger partial charge is 0.115 e. The van der Waals surface area contributed by atoms with Gasteiger partial charge in [-0.2, -0.15) is 0 Å². The number of hydrogen-bond donors (Lipinski definition) is 0. The van der Waals surface area contributed by atoms with Crippen LogP contribution in [0, 0.1) is 6.92 Å². The van der Waals surface area contributed by atoms with Crippen LogP contribution in [0.3, 0.4) is 0 Å². The van der Waals surface area contributed by atoms with E-state index in [0.717, 1.165) is 11.3 Å². The zero-order chi connectivity index (χ0) is 7.40. The first-order valence-corrected chi connectivity index (χ1v) is 3.09. The summed E-state index contributed by atoms with van der Waals surface area (Å²) >= 11 is 0. The maximum atomic E-state index is 4.93. The molecule has 0 saturated carbocycles. The first-order chi connectivity index (χ1) is 4.84. The van der Waals surface area contributed by atoms with Crippen LogP contribution in [-0.4, -0.2) is 17.1 Å². The highest BCUT2D eigenvalue weighted by Crippen LogP contribution is 2.01. The molecule has 54 valence electrons. The average molecular weight is 138 g/mol. The second-order valence-corrected chi connectivity index (χ2v) is 2.07. The molecule has 0 aromatic carbocycles. The molecule has 0 fully saturated rings. The monoisotopic (exact) mass is 138 g/mol. The van der Waals surface area contributed by atoms with Crippen molar-refractivity contribution in [1.82, 2.24) is 9.97 Å². The number of ether oxygens (including phenoxy) is 1. The number of aryl methyl sites for hydroxylation is 1. The van der Waals surface area contributed by atoms with Crippen molar-refractivity contribution in [1.29, 1.82) is 0 Å². The van der Waals surface area contributed by atoms with E-state index in [4.69, 9.17) is 4.74 Å². The molecule has 0 aliphatic rings. The SMILES string of the molecule is COCc1cncnc1C. The van der Waals surface area contributed by atoms with Crippen molar-refractivity contribution >= 4 is 0 Å². The molecule has 0 aliphatic carbocycles. The van der Waals surface area contributed by atoms with Crippen LogP contribution in [0.4, 0.5) is 0 Å². The van der Waals surface area contributed by atoms with E-state index in [1.54, 1.807) is 13.3 Å². The van der Waals surface area contributed by atoms with Gasteiger partial charge in [-0.15, -0.1) is 0 Å². The largest absolute Gasteiger partial charge is 0.380 e. The molecule has 0 amide bonds. The van der Waals surface area contributed by atoms with E-state index in [-0.39, 0.29) is 0 Å². The summed E-state index contributed by atoms with van der Waals surface area (Å²) in [5.74, 6) is 0. The van der Waals surface area contributed by atoms with E-state index in [1.165, 1.54) is 6.33 Å². The van der Waals surface area contributed by atoms with E-state index in [9.17, 15) is 0 Å². The lowest BCUT2D eigenvalue weighted by Gasteiger charge is -1.99. The van der Waals surface area contributed by atoms with Gasteiger partial charge in [0, 0.05) is 24.6 Å². The number of methoxy groups -OCH3 is 1. The number of nitrogens with zero attached hydrogens (tertiary/aromatic N) is 2. The molecule has 0 spiro atoms. The Hall–Kier alpha value is -0.960. The third-order valence-corrected chi connectivity index (χ3v) is 1.31. The molecule has 1 aromatic heterocycles. The quantitative estimate of drug-likeness (QED) is 0.609. The van der Waals surface area contributed by atoms with Gasteiger partial charge in [0.1, 0.15) is 6.33 Å². The maximum absolute atomic E-state index is 4.93. The fraction of sp³-hybridized carbons (Fsp3) is 0.429. The molecule has 0 atom stereocenters. The summed E-state index contributed by atoms with van der Waals surface area (Å²) in [4.78, 5) is 7.88. The first-order valence-electron chi connectivity index (χ1n) is 3.09. The van der Waals surface area contributed by atoms with Gasteiger partial charge in [0.05, 0.1) is 6.61 Å². The topological polar surface area (TPSA) is 35.0 Å². The zero-order valence-corrected chi connectivity index (χ0v) is 6.16. The second kappa shape index (κ2) is 3.27. The molecule has 0 N–H and O–H groups in total. The molecule has 10 heavy (non-hydrogen) atoms. The van der Waals surface area contributed by atoms with Crippen LogP contribution in [0.25, 0.3) is 0 Å². The van der Waals surface area contributed by atoms with Gasteiger partial charge in [-0.05, 0) is 6.92 Å². The Morgan fingerprint density at radius 2 is 2.40 bits per heavy atom. The van der Waals surface area contributed by atoms with Gasteiger partial charge in [-0.1, -0.05) is 0 Å². The summed E-state index contributed by atoms with van der Waals surface area (Å²) < 4.78 is 4.93. The van der Waals surface area contributed by atoms with Crippen LogP contribution in [0.5, 0.6) is 0 Å². The summed E-state index contributed by atoms with van der Waals surface area (Å²) in [5, 5.41) is 0. The van der Waals surface area contributed by atoms with Crippen molar-refractivity contribution in [2.75, 3.05) is 7.11 Å². The van der Waals surface area contributed by atoms with Gasteiger partial charge in [0.25, 0.3) is 0 Å². The van der Waals surface area contributed by atoms with Crippen molar-refractivity contribution in [2.45, 2.75) is 13.5 Å².